The second-order valence-electron chi connectivity index (χ2n) is 5.02. The number of aliphatic carboxylic acids is 1. The highest BCUT2D eigenvalue weighted by atomic mass is 16.5. The van der Waals surface area contributed by atoms with E-state index < -0.39 is 18.4 Å². The van der Waals surface area contributed by atoms with Gasteiger partial charge in [0, 0.05) is 11.8 Å². The number of rotatable bonds is 5. The molecule has 0 aliphatic rings. The number of hydrogen-bond donors (Lipinski definition) is 3. The number of ether oxygens (including phenoxy) is 1. The van der Waals surface area contributed by atoms with Crippen molar-refractivity contribution in [2.75, 3.05) is 13.2 Å². The molecule has 128 valence electrons. The van der Waals surface area contributed by atoms with Crippen LogP contribution in [0.3, 0.4) is 0 Å². The number of pyridine rings is 1. The summed E-state index contributed by atoms with van der Waals surface area (Å²) in [6.45, 7) is 1.53. The molecule has 1 amide bonds. The highest BCUT2D eigenvalue weighted by Crippen LogP contribution is 2.16. The third-order valence-corrected chi connectivity index (χ3v) is 3.11. The van der Waals surface area contributed by atoms with E-state index in [0.29, 0.717) is 5.56 Å². The number of carbonyl (C=O) groups is 2. The van der Waals surface area contributed by atoms with Crippen LogP contribution in [0.4, 0.5) is 0 Å². The van der Waals surface area contributed by atoms with Crippen LogP contribution in [0.15, 0.2) is 36.5 Å². The van der Waals surface area contributed by atoms with Gasteiger partial charge in [-0.25, -0.2) is 4.98 Å². The lowest BCUT2D eigenvalue weighted by molar-refractivity contribution is -0.135. The van der Waals surface area contributed by atoms with Gasteiger partial charge < -0.3 is 20.3 Å². The molecule has 7 nitrogen and oxygen atoms in total. The maximum atomic E-state index is 11.7. The number of para-hydroxylation sites is 1. The van der Waals surface area contributed by atoms with E-state index in [0.717, 1.165) is 11.3 Å². The lowest BCUT2D eigenvalue weighted by atomic mass is 10.2. The summed E-state index contributed by atoms with van der Waals surface area (Å²) in [7, 11) is 0. The van der Waals surface area contributed by atoms with Gasteiger partial charge in [-0.15, -0.1) is 0 Å². The van der Waals surface area contributed by atoms with E-state index in [1.54, 1.807) is 0 Å². The van der Waals surface area contributed by atoms with Crippen LogP contribution in [0, 0.1) is 18.8 Å². The van der Waals surface area contributed by atoms with Crippen molar-refractivity contribution < 1.29 is 24.5 Å². The third kappa shape index (κ3) is 5.25. The zero-order valence-corrected chi connectivity index (χ0v) is 13.4. The van der Waals surface area contributed by atoms with Crippen LogP contribution < -0.4 is 10.1 Å². The van der Waals surface area contributed by atoms with Gasteiger partial charge >= 0.3 is 5.97 Å². The molecule has 2 aromatic rings. The molecule has 0 spiro atoms. The molecule has 3 N–H and O–H groups in total. The van der Waals surface area contributed by atoms with Crippen LogP contribution in [0.25, 0.3) is 0 Å². The highest BCUT2D eigenvalue weighted by molar-refractivity contribution is 5.96. The minimum absolute atomic E-state index is 0.159. The van der Waals surface area contributed by atoms with Crippen LogP contribution in [0.1, 0.15) is 21.6 Å². The van der Waals surface area contributed by atoms with Gasteiger partial charge in [-0.05, 0) is 24.6 Å². The summed E-state index contributed by atoms with van der Waals surface area (Å²) in [5.74, 6) is 3.95. The monoisotopic (exact) mass is 340 g/mol. The highest BCUT2D eigenvalue weighted by Gasteiger charge is 2.13. The zero-order chi connectivity index (χ0) is 18.2. The second kappa shape index (κ2) is 8.36. The minimum atomic E-state index is -1.19. The first-order chi connectivity index (χ1) is 12.0. The Labute approximate surface area is 144 Å². The van der Waals surface area contributed by atoms with Crippen molar-refractivity contribution in [3.05, 3.63) is 53.3 Å². The molecule has 0 saturated heterocycles. The first-order valence-corrected chi connectivity index (χ1v) is 7.33. The molecule has 0 unspecified atom stereocenters. The predicted molar refractivity (Wildman–Crippen MR) is 89.4 cm³/mol. The predicted octanol–water partition coefficient (Wildman–Crippen LogP) is 1.34. The van der Waals surface area contributed by atoms with Gasteiger partial charge in [0.25, 0.3) is 5.91 Å². The molecule has 1 aromatic heterocycles. The number of carbonyl (C=O) groups excluding carboxylic acids is 1. The van der Waals surface area contributed by atoms with E-state index in [9.17, 15) is 14.7 Å². The number of aryl methyl sites for hydroxylation is 1. The summed E-state index contributed by atoms with van der Waals surface area (Å²) in [5, 5.41) is 20.5. The van der Waals surface area contributed by atoms with E-state index in [1.807, 2.05) is 31.2 Å². The van der Waals surface area contributed by atoms with E-state index >= 15 is 0 Å². The fourth-order valence-corrected chi connectivity index (χ4v) is 1.91. The van der Waals surface area contributed by atoms with Gasteiger partial charge in [-0.1, -0.05) is 30.0 Å². The summed E-state index contributed by atoms with van der Waals surface area (Å²) in [5.41, 5.74) is 1.14. The van der Waals surface area contributed by atoms with Crippen LogP contribution in [-0.2, 0) is 4.79 Å². The number of aromatic hydroxyl groups is 1. The van der Waals surface area contributed by atoms with Gasteiger partial charge in [0.1, 0.15) is 24.7 Å². The SMILES string of the molecule is Cc1ccccc1OCC#Cc1cnc(C(=O)NCC(=O)O)c(O)c1. The lowest BCUT2D eigenvalue weighted by Gasteiger charge is -2.05. The molecular formula is C18H16N2O5. The molecule has 0 fully saturated rings. The molecule has 2 rings (SSSR count). The van der Waals surface area contributed by atoms with E-state index in [1.165, 1.54) is 12.3 Å². The van der Waals surface area contributed by atoms with E-state index in [2.05, 4.69) is 22.1 Å². The van der Waals surface area contributed by atoms with E-state index in [4.69, 9.17) is 9.84 Å². The molecule has 7 heteroatoms. The smallest absolute Gasteiger partial charge is 0.322 e. The van der Waals surface area contributed by atoms with Crippen molar-refractivity contribution >= 4 is 11.9 Å². The first kappa shape index (κ1) is 17.8. The molecule has 0 radical (unpaired) electrons. The topological polar surface area (TPSA) is 109 Å². The van der Waals surface area contributed by atoms with Crippen molar-refractivity contribution in [2.45, 2.75) is 6.92 Å². The van der Waals surface area contributed by atoms with Crippen molar-refractivity contribution in [3.8, 4) is 23.3 Å². The largest absolute Gasteiger partial charge is 0.505 e. The molecule has 0 aliphatic heterocycles. The van der Waals surface area contributed by atoms with Gasteiger partial charge in [0.2, 0.25) is 0 Å². The van der Waals surface area contributed by atoms with Crippen molar-refractivity contribution in [1.82, 2.24) is 10.3 Å². The van der Waals surface area contributed by atoms with Crippen LogP contribution in [-0.4, -0.2) is 40.2 Å². The standard InChI is InChI=1S/C18H16N2O5/c1-12-5-2-3-7-15(12)25-8-4-6-13-9-14(21)17(19-10-13)18(24)20-11-16(22)23/h2-3,5,7,9-10,21H,8,11H2,1H3,(H,20,24)(H,22,23). The summed E-state index contributed by atoms with van der Waals surface area (Å²) in [6.07, 6.45) is 1.32. The molecule has 1 heterocycles. The number of nitrogens with one attached hydrogen (secondary N) is 1. The van der Waals surface area contributed by atoms with E-state index in [-0.39, 0.29) is 18.1 Å². The summed E-state index contributed by atoms with van der Waals surface area (Å²) < 4.78 is 5.53. The van der Waals surface area contributed by atoms with Crippen molar-refractivity contribution in [3.63, 3.8) is 0 Å². The Bertz CT molecular complexity index is 852. The quantitative estimate of drug-likeness (QED) is 0.709. The molecule has 0 bridgehead atoms. The Morgan fingerprint density at radius 2 is 2.08 bits per heavy atom. The Hall–Kier alpha value is -3.53. The number of hydrogen-bond acceptors (Lipinski definition) is 5. The third-order valence-electron chi connectivity index (χ3n) is 3.11. The Morgan fingerprint density at radius 3 is 2.76 bits per heavy atom. The van der Waals surface area contributed by atoms with Crippen molar-refractivity contribution in [1.29, 1.82) is 0 Å². The average Bonchev–Trinajstić information content (AvgIpc) is 2.58. The number of nitrogens with zero attached hydrogens (tertiary/aromatic N) is 1. The molecular weight excluding hydrogens is 324 g/mol. The van der Waals surface area contributed by atoms with Crippen molar-refractivity contribution in [2.24, 2.45) is 0 Å². The zero-order valence-electron chi connectivity index (χ0n) is 13.4. The molecule has 0 aliphatic carbocycles. The van der Waals surface area contributed by atoms with Gasteiger partial charge in [-0.2, -0.15) is 0 Å². The first-order valence-electron chi connectivity index (χ1n) is 7.33. The fourth-order valence-electron chi connectivity index (χ4n) is 1.91. The molecule has 25 heavy (non-hydrogen) atoms. The molecule has 0 saturated carbocycles. The van der Waals surface area contributed by atoms with Gasteiger partial charge in [0.05, 0.1) is 0 Å². The number of amides is 1. The number of carboxylic acids is 1. The minimum Gasteiger partial charge on any atom is -0.505 e. The second-order valence-corrected chi connectivity index (χ2v) is 5.02. The summed E-state index contributed by atoms with van der Waals surface area (Å²) >= 11 is 0. The number of benzene rings is 1. The fraction of sp³-hybridized carbons (Fsp3) is 0.167. The van der Waals surface area contributed by atoms with Crippen LogP contribution in [0.5, 0.6) is 11.5 Å². The maximum Gasteiger partial charge on any atom is 0.322 e. The van der Waals surface area contributed by atoms with Gasteiger partial charge in [0.15, 0.2) is 5.69 Å². The summed E-state index contributed by atoms with van der Waals surface area (Å²) in [4.78, 5) is 25.9. The molecule has 1 aromatic carbocycles. The Morgan fingerprint density at radius 1 is 1.32 bits per heavy atom. The van der Waals surface area contributed by atoms with Crippen LogP contribution >= 0.6 is 0 Å². The van der Waals surface area contributed by atoms with Crippen LogP contribution in [0.2, 0.25) is 0 Å². The Balaban J connectivity index is 1.98. The number of carboxylic acid groups (broad SMARTS) is 1. The maximum absolute atomic E-state index is 11.7. The van der Waals surface area contributed by atoms with Gasteiger partial charge in [-0.3, -0.25) is 9.59 Å². The normalized spacial score (nSPS) is 9.64. The summed E-state index contributed by atoms with van der Waals surface area (Å²) in [6, 6.07) is 8.83. The molecule has 0 atom stereocenters. The lowest BCUT2D eigenvalue weighted by Crippen LogP contribution is -2.29. The Kier molecular flexibility index (Phi) is 5.96. The number of aromatic nitrogens is 1. The average molecular weight is 340 g/mol.